The molecule has 0 radical (unpaired) electrons. The number of carbonyl (C=O) groups is 9. The number of unbranched alkanes of at least 4 members (excludes halogenated alkanes) is 1. The van der Waals surface area contributed by atoms with Gasteiger partial charge >= 0.3 is 0 Å². The highest BCUT2D eigenvalue weighted by atomic mass is 32.2. The maximum absolute atomic E-state index is 15.6. The normalized spacial score (nSPS) is 23.5. The van der Waals surface area contributed by atoms with Crippen LogP contribution in [0, 0.1) is 35.5 Å². The molecule has 11 rings (SSSR count). The van der Waals surface area contributed by atoms with Crippen molar-refractivity contribution >= 4 is 91.9 Å². The quantitative estimate of drug-likeness (QED) is 0.0123. The number of aliphatic hydroxyl groups excluding tert-OH is 1. The molecule has 0 bridgehead atoms. The average molecular weight is 1600 g/mol. The Morgan fingerprint density at radius 1 is 0.603 bits per heavy atom. The number of thioether (sulfide) groups is 1. The average Bonchev–Trinajstić information content (AvgIpc) is 1.49. The number of amides is 3. The highest BCUT2D eigenvalue weighted by Gasteiger charge is 2.41. The largest absolute Gasteiger partial charge is 0.508 e. The Balaban J connectivity index is 0.904. The number of phenols is 1. The molecule has 2 aliphatic heterocycles. The van der Waals surface area contributed by atoms with Gasteiger partial charge in [0.15, 0.2) is 29.1 Å². The van der Waals surface area contributed by atoms with Gasteiger partial charge in [-0.1, -0.05) is 153 Å². The van der Waals surface area contributed by atoms with Crippen LogP contribution in [-0.4, -0.2) is 165 Å². The number of H-pyrrole nitrogens is 2. The molecular weight excluding hydrogens is 1480 g/mol. The number of ketones is 6. The highest BCUT2D eigenvalue weighted by molar-refractivity contribution is 7.99. The van der Waals surface area contributed by atoms with Crippen molar-refractivity contribution in [3.8, 4) is 5.75 Å². The van der Waals surface area contributed by atoms with E-state index in [1.165, 1.54) is 29.0 Å². The number of benzene rings is 6. The van der Waals surface area contributed by atoms with Gasteiger partial charge in [0, 0.05) is 128 Å². The Hall–Kier alpha value is -9.91. The second-order valence-corrected chi connectivity index (χ2v) is 33.7. The smallest absolute Gasteiger partial charge is 0.224 e. The molecule has 2 aromatic heterocycles. The Morgan fingerprint density at radius 2 is 1.20 bits per heavy atom. The second kappa shape index (κ2) is 43.3. The van der Waals surface area contributed by atoms with Crippen LogP contribution in [0.3, 0.4) is 0 Å². The number of phenolic OH excluding ortho intramolecular Hbond substituents is 1. The number of likely N-dealkylation sites (tertiary alicyclic amines) is 1. The van der Waals surface area contributed by atoms with Gasteiger partial charge in [-0.3, -0.25) is 48.1 Å². The number of rotatable bonds is 28. The SMILES string of the molecule is C[C@@H](O)[C@@H]1NC(=O)[C@H](CCCCN)CC(=O)[C@@H](Cc2c[nH]c3ccccc23)NC(=O)[C@H](Cc2ccccc2)CC(=O)[C@H](Cc2ccccc2)NC(=O)[C@H](CCCN=C(N)N)CC(=O)[C@H](NC[C@@H](CC(=O)CSC[C@@H]2C[C@@H]3c4cccc5[nH]cc(c45)C[C@H]3N(C)C2)Cc2ccc(O)cc2)CCCCCC(=O)[C@H](Cc2ccccc2)CC1=O. The monoisotopic (exact) mass is 1600 g/mol. The maximum Gasteiger partial charge on any atom is 0.224 e. The van der Waals surface area contributed by atoms with Crippen molar-refractivity contribution in [3.63, 3.8) is 0 Å². The van der Waals surface area contributed by atoms with E-state index in [0.717, 1.165) is 52.7 Å². The molecule has 1 aliphatic carbocycles. The number of piperidine rings is 1. The number of aliphatic imine (C=N–C) groups is 1. The first-order chi connectivity index (χ1) is 56.1. The number of nitrogens with one attached hydrogen (secondary N) is 6. The van der Waals surface area contributed by atoms with Crippen molar-refractivity contribution in [2.45, 2.75) is 190 Å². The first-order valence-electron chi connectivity index (χ1n) is 41.7. The summed E-state index contributed by atoms with van der Waals surface area (Å²) in [5.41, 5.74) is 26.2. The number of aromatic nitrogens is 2. The number of guanidine groups is 1. The van der Waals surface area contributed by atoms with Crippen molar-refractivity contribution < 1.29 is 53.4 Å². The molecule has 8 aromatic rings. The van der Waals surface area contributed by atoms with Gasteiger partial charge in [0.05, 0.1) is 30.0 Å². The fraction of sp³-hybridized carbons (Fsp3) is 0.462. The first kappa shape index (κ1) is 86.9. The van der Waals surface area contributed by atoms with Gasteiger partial charge in [0.25, 0.3) is 0 Å². The molecule has 0 unspecified atom stereocenters. The predicted octanol–water partition coefficient (Wildman–Crippen LogP) is 10.6. The van der Waals surface area contributed by atoms with Crippen molar-refractivity contribution in [2.24, 2.45) is 57.7 Å². The third kappa shape index (κ3) is 25.1. The molecule has 3 aliphatic rings. The van der Waals surface area contributed by atoms with Gasteiger partial charge in [0.2, 0.25) is 17.7 Å². The van der Waals surface area contributed by atoms with E-state index in [0.29, 0.717) is 79.8 Å². The number of hydrogen-bond acceptors (Lipinski definition) is 16. The van der Waals surface area contributed by atoms with Gasteiger partial charge in [-0.05, 0) is 185 Å². The molecule has 616 valence electrons. The lowest BCUT2D eigenvalue weighted by Gasteiger charge is -2.45. The minimum Gasteiger partial charge on any atom is -0.508 e. The van der Waals surface area contributed by atoms with Crippen molar-refractivity contribution in [2.75, 3.05) is 44.7 Å². The van der Waals surface area contributed by atoms with E-state index < -0.39 is 102 Å². The van der Waals surface area contributed by atoms with E-state index in [1.54, 1.807) is 30.1 Å². The van der Waals surface area contributed by atoms with Gasteiger partial charge < -0.3 is 63.5 Å². The van der Waals surface area contributed by atoms with E-state index >= 15 is 24.0 Å². The van der Waals surface area contributed by atoms with Crippen LogP contribution in [0.5, 0.6) is 5.75 Å². The lowest BCUT2D eigenvalue weighted by atomic mass is 9.73. The number of nitrogens with zero attached hydrogens (tertiary/aromatic N) is 2. The molecule has 4 heterocycles. The van der Waals surface area contributed by atoms with Gasteiger partial charge in [-0.2, -0.15) is 11.8 Å². The van der Waals surface area contributed by atoms with Crippen LogP contribution in [0.25, 0.3) is 21.8 Å². The molecule has 116 heavy (non-hydrogen) atoms. The number of carbonyl (C=O) groups excluding carboxylic acids is 9. The fourth-order valence-corrected chi connectivity index (χ4v) is 18.6. The van der Waals surface area contributed by atoms with E-state index in [2.05, 4.69) is 72.6 Å². The number of likely N-dealkylation sites (N-methyl/N-ethyl adjacent to an activating group) is 1. The van der Waals surface area contributed by atoms with E-state index in [4.69, 9.17) is 17.2 Å². The number of para-hydroxylation sites is 1. The van der Waals surface area contributed by atoms with Gasteiger partial charge in [0.1, 0.15) is 23.4 Å². The molecule has 3 amide bonds. The number of aromatic hydroxyl groups is 1. The van der Waals surface area contributed by atoms with Crippen molar-refractivity contribution in [3.05, 3.63) is 209 Å². The van der Waals surface area contributed by atoms with Crippen LogP contribution in [-0.2, 0) is 81.7 Å². The summed E-state index contributed by atoms with van der Waals surface area (Å²) in [5, 5.41) is 36.6. The van der Waals surface area contributed by atoms with Crippen LogP contribution in [0.1, 0.15) is 155 Å². The molecular formula is C93H117N11O11S. The zero-order valence-corrected chi connectivity index (χ0v) is 67.9. The summed E-state index contributed by atoms with van der Waals surface area (Å²) in [6.45, 7) is 2.97. The minimum atomic E-state index is -1.47. The maximum atomic E-state index is 15.6. The molecule has 13 atom stereocenters. The van der Waals surface area contributed by atoms with Crippen LogP contribution >= 0.6 is 11.8 Å². The Morgan fingerprint density at radius 3 is 1.88 bits per heavy atom. The molecule has 23 heteroatoms. The number of aliphatic hydroxyl groups is 1. The number of Topliss-reactive ketones (excluding diaryl/α,β-unsaturated/α-hetero) is 6. The number of fused-ring (bicyclic) bond motifs is 3. The third-order valence-electron chi connectivity index (χ3n) is 23.8. The number of nitrogens with two attached hydrogens (primary N) is 3. The molecule has 0 saturated carbocycles. The lowest BCUT2D eigenvalue weighted by molar-refractivity contribution is -0.136. The van der Waals surface area contributed by atoms with Crippen LogP contribution in [0.4, 0.5) is 0 Å². The highest BCUT2D eigenvalue weighted by Crippen LogP contribution is 2.45. The van der Waals surface area contributed by atoms with Crippen LogP contribution in [0.15, 0.2) is 175 Å². The predicted molar refractivity (Wildman–Crippen MR) is 457 cm³/mol. The van der Waals surface area contributed by atoms with E-state index in [9.17, 15) is 29.4 Å². The lowest BCUT2D eigenvalue weighted by Crippen LogP contribution is -2.51. The Bertz CT molecular complexity index is 4630. The topological polar surface area (TPSA) is 367 Å². The molecule has 6 aromatic carbocycles. The summed E-state index contributed by atoms with van der Waals surface area (Å²) in [5.74, 6) is -6.48. The number of hydrogen-bond donors (Lipinski definition) is 11. The third-order valence-corrected chi connectivity index (χ3v) is 25.0. The molecule has 14 N–H and O–H groups in total. The molecule has 0 spiro atoms. The summed E-state index contributed by atoms with van der Waals surface area (Å²) >= 11 is 1.66. The Kier molecular flexibility index (Phi) is 32.5. The summed E-state index contributed by atoms with van der Waals surface area (Å²) in [6, 6.07) is 44.2. The van der Waals surface area contributed by atoms with E-state index in [1.807, 2.05) is 127 Å². The van der Waals surface area contributed by atoms with Gasteiger partial charge in [-0.25, -0.2) is 0 Å². The summed E-state index contributed by atoms with van der Waals surface area (Å²) < 4.78 is 0. The fourth-order valence-electron chi connectivity index (χ4n) is 17.6. The molecule has 2 saturated heterocycles. The number of aromatic amines is 2. The van der Waals surface area contributed by atoms with Gasteiger partial charge in [-0.15, -0.1) is 0 Å². The minimum absolute atomic E-state index is 0.0151. The zero-order valence-electron chi connectivity index (χ0n) is 67.1. The van der Waals surface area contributed by atoms with Crippen molar-refractivity contribution in [1.29, 1.82) is 0 Å². The second-order valence-electron chi connectivity index (χ2n) is 32.7. The summed E-state index contributed by atoms with van der Waals surface area (Å²) in [6.07, 6.45) is 7.12. The summed E-state index contributed by atoms with van der Waals surface area (Å²) in [4.78, 5) is 150. The van der Waals surface area contributed by atoms with E-state index in [-0.39, 0.29) is 125 Å². The Labute approximate surface area is 685 Å². The van der Waals surface area contributed by atoms with Crippen LogP contribution in [0.2, 0.25) is 0 Å². The van der Waals surface area contributed by atoms with Crippen molar-refractivity contribution in [1.82, 2.24) is 36.1 Å². The standard InChI is InChI=1S/C93H117N11O11S/c1-59(105)89-87(112)51-68(42-60-21-7-3-8-22-60)83(108)34-14-6-13-32-78(98-53-64(41-63-35-37-72(106)38-36-63)44-73(107)58-116-57-65-45-76-75-30-19-33-79-88(75)71(55-100-79)48-82(76)104(2)56-65)84(109)49-67(28-20-40-97-93(95)96)90(113)101-80(46-62-25-11-5-12-26-62)86(111)52-69(43-61-23-9-4-10-24-61)92(115)102-81(47-70-54-99-77-31-16-15-29-74(70)77)85(110)50-66(91(114)103-89)27-17-18-39-94/h3-5,7-12,15-16,19,21-26,29-31,33,35-38,54-55,59,64-69,76,78,80-82,89,98-100,105-106H,6,13-14,17-18,20,27-28,32,34,39-53,56-58,94H2,1-2H3,(H,101,113)(H,102,115)(H,103,114)(H4,95,96,97)/t59-,64-,65-,66-,67-,68-,69-,76-,78-,80+,81-,82-,89+/m1/s1. The molecule has 22 nitrogen and oxygen atoms in total. The zero-order chi connectivity index (χ0) is 82.0. The summed E-state index contributed by atoms with van der Waals surface area (Å²) in [7, 11) is 2.22. The first-order valence-corrected chi connectivity index (χ1v) is 42.8. The van der Waals surface area contributed by atoms with Crippen LogP contribution < -0.4 is 38.5 Å². The molecule has 2 fully saturated rings.